The van der Waals surface area contributed by atoms with Crippen molar-refractivity contribution in [3.8, 4) is 0 Å². The highest BCUT2D eigenvalue weighted by Gasteiger charge is 2.27. The highest BCUT2D eigenvalue weighted by molar-refractivity contribution is 6.18. The van der Waals surface area contributed by atoms with E-state index in [9.17, 15) is 4.79 Å². The number of amides is 1. The first-order valence-electron chi connectivity index (χ1n) is 9.00. The predicted octanol–water partition coefficient (Wildman–Crippen LogP) is 3.04. The minimum atomic E-state index is 0.0745. The monoisotopic (exact) mass is 336 g/mol. The number of aromatic amines is 1. The number of hydrogen-bond donors (Lipinski definition) is 3. The number of para-hydroxylation sites is 1. The maximum Gasteiger partial charge on any atom is 0.219 e. The summed E-state index contributed by atoms with van der Waals surface area (Å²) < 4.78 is 0. The Balaban J connectivity index is 1.68. The Morgan fingerprint density at radius 1 is 1.36 bits per heavy atom. The van der Waals surface area contributed by atoms with Crippen LogP contribution >= 0.6 is 0 Å². The number of aromatic nitrogens is 1. The fourth-order valence-electron chi connectivity index (χ4n) is 3.49. The average molecular weight is 336 g/mol. The van der Waals surface area contributed by atoms with Gasteiger partial charge in [0.15, 0.2) is 0 Å². The minimum Gasteiger partial charge on any atom is -0.388 e. The molecule has 5 heteroatoms. The molecule has 0 bridgehead atoms. The molecule has 1 aliphatic carbocycles. The topological polar surface area (TPSA) is 72.0 Å². The lowest BCUT2D eigenvalue weighted by molar-refractivity contribution is -0.128. The van der Waals surface area contributed by atoms with Crippen LogP contribution in [-0.2, 0) is 4.79 Å². The number of carbonyl (C=O) groups excluding carboxylic acids is 1. The van der Waals surface area contributed by atoms with Gasteiger partial charge in [-0.25, -0.2) is 0 Å². The Labute approximate surface area is 147 Å². The van der Waals surface area contributed by atoms with Crippen molar-refractivity contribution in [2.75, 3.05) is 19.6 Å². The van der Waals surface area contributed by atoms with Gasteiger partial charge in [-0.1, -0.05) is 18.2 Å². The summed E-state index contributed by atoms with van der Waals surface area (Å²) in [6, 6.07) is 8.05. The summed E-state index contributed by atoms with van der Waals surface area (Å²) in [5, 5.41) is 13.5. The van der Waals surface area contributed by atoms with Crippen LogP contribution < -0.4 is 5.32 Å². The summed E-state index contributed by atoms with van der Waals surface area (Å²) in [6.07, 6.45) is 5.31. The zero-order valence-corrected chi connectivity index (χ0v) is 14.6. The number of carbonyl (C=O) groups is 1. The van der Waals surface area contributed by atoms with Gasteiger partial charge >= 0.3 is 0 Å². The molecule has 5 nitrogen and oxygen atoms in total. The van der Waals surface area contributed by atoms with Crippen LogP contribution in [0.2, 0.25) is 0 Å². The van der Waals surface area contributed by atoms with E-state index in [1.807, 2.05) is 35.4 Å². The molecule has 1 aromatic carbocycles. The molecule has 0 spiro atoms. The van der Waals surface area contributed by atoms with Crippen molar-refractivity contribution in [3.63, 3.8) is 0 Å². The molecule has 2 aromatic rings. The largest absolute Gasteiger partial charge is 0.388 e. The van der Waals surface area contributed by atoms with Crippen LogP contribution in [0.5, 0.6) is 0 Å². The highest BCUT2D eigenvalue weighted by atomic mass is 16.2. The van der Waals surface area contributed by atoms with E-state index >= 15 is 0 Å². The van der Waals surface area contributed by atoms with Crippen molar-refractivity contribution in [1.29, 1.82) is 5.41 Å². The lowest BCUT2D eigenvalue weighted by atomic mass is 9.95. The first-order chi connectivity index (χ1) is 12.1. The lowest BCUT2D eigenvalue weighted by Crippen LogP contribution is -2.40. The lowest BCUT2D eigenvalue weighted by Gasteiger charge is -2.31. The maximum atomic E-state index is 11.9. The number of fused-ring (bicyclic) bond motifs is 1. The van der Waals surface area contributed by atoms with Crippen LogP contribution in [0.25, 0.3) is 10.9 Å². The van der Waals surface area contributed by atoms with Crippen molar-refractivity contribution in [1.82, 2.24) is 15.2 Å². The third kappa shape index (κ3) is 3.18. The first kappa shape index (κ1) is 15.9. The number of hydrogen-bond acceptors (Lipinski definition) is 3. The third-order valence-corrected chi connectivity index (χ3v) is 5.25. The maximum absolute atomic E-state index is 11.9. The zero-order chi connectivity index (χ0) is 17.4. The van der Waals surface area contributed by atoms with Crippen LogP contribution in [0.4, 0.5) is 0 Å². The number of nitrogens with one attached hydrogen (secondary N) is 3. The van der Waals surface area contributed by atoms with E-state index in [4.69, 9.17) is 5.41 Å². The Hall–Kier alpha value is -2.56. The molecule has 1 amide bonds. The molecule has 25 heavy (non-hydrogen) atoms. The van der Waals surface area contributed by atoms with Gasteiger partial charge in [0, 0.05) is 66.9 Å². The van der Waals surface area contributed by atoms with Crippen LogP contribution in [0.1, 0.15) is 31.7 Å². The highest BCUT2D eigenvalue weighted by Crippen LogP contribution is 2.29. The van der Waals surface area contributed by atoms with Gasteiger partial charge in [0.05, 0.1) is 5.71 Å². The standard InChI is InChI=1S/C20H24N4O/c1-13(25)24-9-8-19(22-10-14-6-7-14)17(12-24)20(21)16-11-23-18-5-3-2-4-15(16)18/h2-5,11,14,21-23H,6-10,12H2,1H3. The number of rotatable bonds is 5. The fraction of sp³-hybridized carbons (Fsp3) is 0.400. The normalized spacial score (nSPS) is 17.9. The SMILES string of the molecule is CC(=O)N1CCC(NCC2CC2)=C(C(=N)c2c[nH]c3ccccc23)C1. The molecule has 2 aliphatic rings. The zero-order valence-electron chi connectivity index (χ0n) is 14.6. The molecular formula is C20H24N4O. The van der Waals surface area contributed by atoms with E-state index in [0.717, 1.165) is 53.2 Å². The first-order valence-corrected chi connectivity index (χ1v) is 9.00. The molecule has 1 saturated carbocycles. The van der Waals surface area contributed by atoms with Gasteiger partial charge in [-0.3, -0.25) is 10.2 Å². The molecule has 0 radical (unpaired) electrons. The molecule has 1 aromatic heterocycles. The van der Waals surface area contributed by atoms with E-state index < -0.39 is 0 Å². The predicted molar refractivity (Wildman–Crippen MR) is 99.8 cm³/mol. The van der Waals surface area contributed by atoms with E-state index in [0.29, 0.717) is 12.3 Å². The Morgan fingerprint density at radius 2 is 2.16 bits per heavy atom. The number of H-pyrrole nitrogens is 1. The van der Waals surface area contributed by atoms with Gasteiger partial charge in [-0.15, -0.1) is 0 Å². The van der Waals surface area contributed by atoms with Crippen molar-refractivity contribution in [2.45, 2.75) is 26.2 Å². The number of benzene rings is 1. The number of nitrogens with zero attached hydrogens (tertiary/aromatic N) is 1. The molecular weight excluding hydrogens is 312 g/mol. The second-order valence-electron chi connectivity index (χ2n) is 7.09. The molecule has 0 saturated heterocycles. The fourth-order valence-corrected chi connectivity index (χ4v) is 3.49. The molecule has 4 rings (SSSR count). The molecule has 130 valence electrons. The second-order valence-corrected chi connectivity index (χ2v) is 7.09. The summed E-state index contributed by atoms with van der Waals surface area (Å²) in [5.74, 6) is 0.854. The quantitative estimate of drug-likeness (QED) is 0.734. The summed E-state index contributed by atoms with van der Waals surface area (Å²) >= 11 is 0. The van der Waals surface area contributed by atoms with Gasteiger partial charge < -0.3 is 15.2 Å². The van der Waals surface area contributed by atoms with Crippen LogP contribution in [0.15, 0.2) is 41.7 Å². The summed E-state index contributed by atoms with van der Waals surface area (Å²) in [7, 11) is 0. The van der Waals surface area contributed by atoms with Crippen molar-refractivity contribution < 1.29 is 4.79 Å². The van der Waals surface area contributed by atoms with Crippen molar-refractivity contribution >= 4 is 22.5 Å². The minimum absolute atomic E-state index is 0.0745. The van der Waals surface area contributed by atoms with Crippen molar-refractivity contribution in [2.24, 2.45) is 5.92 Å². The molecule has 0 unspecified atom stereocenters. The van der Waals surface area contributed by atoms with E-state index in [2.05, 4.69) is 10.3 Å². The van der Waals surface area contributed by atoms with Gasteiger partial charge in [-0.05, 0) is 24.8 Å². The molecule has 1 aliphatic heterocycles. The van der Waals surface area contributed by atoms with Gasteiger partial charge in [-0.2, -0.15) is 0 Å². The van der Waals surface area contributed by atoms with Crippen LogP contribution in [-0.4, -0.2) is 41.1 Å². The smallest absolute Gasteiger partial charge is 0.219 e. The third-order valence-electron chi connectivity index (χ3n) is 5.25. The Morgan fingerprint density at radius 3 is 2.92 bits per heavy atom. The summed E-state index contributed by atoms with van der Waals surface area (Å²) in [4.78, 5) is 16.9. The van der Waals surface area contributed by atoms with E-state index in [1.165, 1.54) is 12.8 Å². The molecule has 2 heterocycles. The van der Waals surface area contributed by atoms with E-state index in [1.54, 1.807) is 6.92 Å². The molecule has 3 N–H and O–H groups in total. The van der Waals surface area contributed by atoms with Gasteiger partial charge in [0.1, 0.15) is 0 Å². The van der Waals surface area contributed by atoms with Crippen molar-refractivity contribution in [3.05, 3.63) is 47.3 Å². The Bertz CT molecular complexity index is 859. The van der Waals surface area contributed by atoms with E-state index in [-0.39, 0.29) is 5.91 Å². The second kappa shape index (κ2) is 6.39. The molecule has 0 atom stereocenters. The summed E-state index contributed by atoms with van der Waals surface area (Å²) in [6.45, 7) is 3.84. The van der Waals surface area contributed by atoms with Gasteiger partial charge in [0.2, 0.25) is 5.91 Å². The van der Waals surface area contributed by atoms with Crippen LogP contribution in [0, 0.1) is 11.3 Å². The summed E-state index contributed by atoms with van der Waals surface area (Å²) in [5.41, 5.74) is 4.55. The van der Waals surface area contributed by atoms with Crippen LogP contribution in [0.3, 0.4) is 0 Å². The van der Waals surface area contributed by atoms with Gasteiger partial charge in [0.25, 0.3) is 0 Å². The molecule has 1 fully saturated rings. The Kier molecular flexibility index (Phi) is 4.07. The average Bonchev–Trinajstić information content (AvgIpc) is 3.36.